The second-order valence-corrected chi connectivity index (χ2v) is 7.99. The molecule has 7 nitrogen and oxygen atoms in total. The fourth-order valence-corrected chi connectivity index (χ4v) is 3.50. The van der Waals surface area contributed by atoms with Gasteiger partial charge in [0.25, 0.3) is 5.91 Å². The lowest BCUT2D eigenvalue weighted by atomic mass is 10.1. The van der Waals surface area contributed by atoms with Crippen LogP contribution < -0.4 is 15.4 Å². The molecule has 2 rings (SSSR count). The van der Waals surface area contributed by atoms with Gasteiger partial charge in [0, 0.05) is 0 Å². The quantitative estimate of drug-likeness (QED) is 0.754. The van der Waals surface area contributed by atoms with Crippen LogP contribution in [0.4, 0.5) is 11.4 Å². The molecular weight excluding hydrogens is 401 g/mol. The predicted octanol–water partition coefficient (Wildman–Crippen LogP) is 2.50. The van der Waals surface area contributed by atoms with Crippen molar-refractivity contribution < 1.29 is 18.0 Å². The first-order valence-electron chi connectivity index (χ1n) is 7.21. The zero-order chi connectivity index (χ0) is 19.5. The number of para-hydroxylation sites is 1. The van der Waals surface area contributed by atoms with Gasteiger partial charge in [0.2, 0.25) is 15.9 Å². The number of benzene rings is 2. The van der Waals surface area contributed by atoms with Crippen LogP contribution in [0.1, 0.15) is 10.4 Å². The molecule has 0 aliphatic carbocycles. The highest BCUT2D eigenvalue weighted by Gasteiger charge is 2.24. The summed E-state index contributed by atoms with van der Waals surface area (Å²) in [4.78, 5) is 23.8. The van der Waals surface area contributed by atoms with Gasteiger partial charge in [-0.3, -0.25) is 13.9 Å². The van der Waals surface area contributed by atoms with Crippen LogP contribution in [-0.2, 0) is 14.8 Å². The highest BCUT2D eigenvalue weighted by molar-refractivity contribution is 7.92. The zero-order valence-electron chi connectivity index (χ0n) is 13.6. The van der Waals surface area contributed by atoms with Gasteiger partial charge in [0.15, 0.2) is 0 Å². The molecule has 2 amide bonds. The second kappa shape index (κ2) is 7.94. The van der Waals surface area contributed by atoms with E-state index in [0.29, 0.717) is 0 Å². The molecule has 0 atom stereocenters. The lowest BCUT2D eigenvalue weighted by Gasteiger charge is -2.23. The maximum atomic E-state index is 12.4. The molecule has 0 aliphatic rings. The highest BCUT2D eigenvalue weighted by Crippen LogP contribution is 2.33. The number of primary amides is 1. The van der Waals surface area contributed by atoms with Gasteiger partial charge in [-0.25, -0.2) is 8.42 Å². The number of carbonyl (C=O) groups excluding carboxylic acids is 2. The van der Waals surface area contributed by atoms with Crippen LogP contribution in [0.2, 0.25) is 10.0 Å². The monoisotopic (exact) mass is 415 g/mol. The molecule has 0 spiro atoms. The molecule has 0 aromatic heterocycles. The van der Waals surface area contributed by atoms with Crippen LogP contribution in [0.25, 0.3) is 0 Å². The molecule has 138 valence electrons. The molecule has 0 saturated carbocycles. The van der Waals surface area contributed by atoms with E-state index in [9.17, 15) is 18.0 Å². The van der Waals surface area contributed by atoms with E-state index in [2.05, 4.69) is 5.32 Å². The van der Waals surface area contributed by atoms with Gasteiger partial charge in [-0.2, -0.15) is 0 Å². The summed E-state index contributed by atoms with van der Waals surface area (Å²) in [5.41, 5.74) is 5.61. The zero-order valence-corrected chi connectivity index (χ0v) is 15.9. The van der Waals surface area contributed by atoms with Crippen LogP contribution in [-0.4, -0.2) is 33.0 Å². The van der Waals surface area contributed by atoms with Crippen LogP contribution in [0.3, 0.4) is 0 Å². The Kier molecular flexibility index (Phi) is 6.12. The Morgan fingerprint density at radius 1 is 1.12 bits per heavy atom. The first kappa shape index (κ1) is 20.0. The number of sulfonamides is 1. The van der Waals surface area contributed by atoms with Crippen molar-refractivity contribution in [3.63, 3.8) is 0 Å². The summed E-state index contributed by atoms with van der Waals surface area (Å²) in [6.45, 7) is -0.564. The highest BCUT2D eigenvalue weighted by atomic mass is 35.5. The minimum Gasteiger partial charge on any atom is -0.366 e. The van der Waals surface area contributed by atoms with E-state index >= 15 is 0 Å². The maximum absolute atomic E-state index is 12.4. The summed E-state index contributed by atoms with van der Waals surface area (Å²) in [6.07, 6.45) is 0.939. The number of carbonyl (C=O) groups is 2. The van der Waals surface area contributed by atoms with E-state index in [1.807, 2.05) is 0 Å². The largest absolute Gasteiger partial charge is 0.366 e. The van der Waals surface area contributed by atoms with Gasteiger partial charge >= 0.3 is 0 Å². The Hall–Kier alpha value is -2.29. The summed E-state index contributed by atoms with van der Waals surface area (Å²) in [7, 11) is -3.83. The van der Waals surface area contributed by atoms with Gasteiger partial charge < -0.3 is 11.1 Å². The van der Waals surface area contributed by atoms with E-state index in [0.717, 1.165) is 10.6 Å². The molecule has 0 heterocycles. The average Bonchev–Trinajstić information content (AvgIpc) is 2.55. The first-order chi connectivity index (χ1) is 12.1. The smallest absolute Gasteiger partial charge is 0.250 e. The van der Waals surface area contributed by atoms with E-state index in [-0.39, 0.29) is 27.0 Å². The third kappa shape index (κ3) is 4.66. The number of rotatable bonds is 6. The fraction of sp³-hybridized carbons (Fsp3) is 0.125. The first-order valence-corrected chi connectivity index (χ1v) is 9.82. The molecule has 0 aliphatic heterocycles. The Bertz CT molecular complexity index is 964. The summed E-state index contributed by atoms with van der Waals surface area (Å²) in [5, 5.41) is 2.63. The molecule has 2 aromatic carbocycles. The lowest BCUT2D eigenvalue weighted by molar-refractivity contribution is -0.114. The number of hydrogen-bond donors (Lipinski definition) is 2. The Labute approximate surface area is 160 Å². The average molecular weight is 416 g/mol. The standard InChI is InChI=1S/C16H15Cl2N3O4S/c1-26(24,25)21(13-8-4-6-11(17)15(13)18)9-14(22)20-12-7-3-2-5-10(12)16(19)23/h2-8H,9H2,1H3,(H2,19,23)(H,20,22). The van der Waals surface area contributed by atoms with Crippen molar-refractivity contribution in [3.8, 4) is 0 Å². The van der Waals surface area contributed by atoms with E-state index in [4.69, 9.17) is 28.9 Å². The third-order valence-corrected chi connectivity index (χ3v) is 5.29. The van der Waals surface area contributed by atoms with Crippen molar-refractivity contribution in [2.24, 2.45) is 5.73 Å². The Morgan fingerprint density at radius 2 is 1.77 bits per heavy atom. The van der Waals surface area contributed by atoms with Crippen molar-refractivity contribution in [1.82, 2.24) is 0 Å². The molecule has 0 saturated heterocycles. The summed E-state index contributed by atoms with van der Waals surface area (Å²) in [5.74, 6) is -1.40. The minimum absolute atomic E-state index is 0.00456. The number of nitrogens with one attached hydrogen (secondary N) is 1. The van der Waals surface area contributed by atoms with Gasteiger partial charge in [-0.1, -0.05) is 41.4 Å². The van der Waals surface area contributed by atoms with Crippen molar-refractivity contribution in [3.05, 3.63) is 58.1 Å². The van der Waals surface area contributed by atoms with Crippen LogP contribution in [0, 0.1) is 0 Å². The van der Waals surface area contributed by atoms with E-state index in [1.165, 1.54) is 30.3 Å². The van der Waals surface area contributed by atoms with Gasteiger partial charge in [-0.05, 0) is 24.3 Å². The van der Waals surface area contributed by atoms with Crippen molar-refractivity contribution in [1.29, 1.82) is 0 Å². The molecule has 0 radical (unpaired) electrons. The second-order valence-electron chi connectivity index (χ2n) is 5.30. The minimum atomic E-state index is -3.83. The van der Waals surface area contributed by atoms with Gasteiger partial charge in [0.05, 0.1) is 33.2 Å². The molecular formula is C16H15Cl2N3O4S. The number of nitrogens with zero attached hydrogens (tertiary/aromatic N) is 1. The third-order valence-electron chi connectivity index (χ3n) is 3.35. The van der Waals surface area contributed by atoms with E-state index in [1.54, 1.807) is 12.1 Å². The molecule has 26 heavy (non-hydrogen) atoms. The molecule has 0 fully saturated rings. The van der Waals surface area contributed by atoms with Gasteiger partial charge in [0.1, 0.15) is 6.54 Å². The van der Waals surface area contributed by atoms with Crippen LogP contribution in [0.5, 0.6) is 0 Å². The van der Waals surface area contributed by atoms with Gasteiger partial charge in [-0.15, -0.1) is 0 Å². The number of nitrogens with two attached hydrogens (primary N) is 1. The predicted molar refractivity (Wildman–Crippen MR) is 102 cm³/mol. The number of amides is 2. The maximum Gasteiger partial charge on any atom is 0.250 e. The number of hydrogen-bond acceptors (Lipinski definition) is 4. The van der Waals surface area contributed by atoms with Crippen LogP contribution >= 0.6 is 23.2 Å². The van der Waals surface area contributed by atoms with Crippen molar-refractivity contribution in [2.45, 2.75) is 0 Å². The molecule has 2 aromatic rings. The normalized spacial score (nSPS) is 11.0. The van der Waals surface area contributed by atoms with Crippen LogP contribution in [0.15, 0.2) is 42.5 Å². The summed E-state index contributed by atoms with van der Waals surface area (Å²) >= 11 is 12.0. The van der Waals surface area contributed by atoms with Crippen molar-refractivity contribution in [2.75, 3.05) is 22.4 Å². The Morgan fingerprint density at radius 3 is 2.38 bits per heavy atom. The number of halogens is 2. The summed E-state index contributed by atoms with van der Waals surface area (Å²) in [6, 6.07) is 10.6. The Balaban J connectivity index is 2.32. The van der Waals surface area contributed by atoms with Crippen molar-refractivity contribution >= 4 is 56.4 Å². The number of anilines is 2. The molecule has 3 N–H and O–H groups in total. The fourth-order valence-electron chi connectivity index (χ4n) is 2.19. The molecule has 10 heteroatoms. The topological polar surface area (TPSA) is 110 Å². The summed E-state index contributed by atoms with van der Waals surface area (Å²) < 4.78 is 25.1. The molecule has 0 bridgehead atoms. The SMILES string of the molecule is CS(=O)(=O)N(CC(=O)Nc1ccccc1C(N)=O)c1cccc(Cl)c1Cl. The molecule has 0 unspecified atom stereocenters. The van der Waals surface area contributed by atoms with E-state index < -0.39 is 28.4 Å². The lowest BCUT2D eigenvalue weighted by Crippen LogP contribution is -2.38.